The number of aryl methyl sites for hydroxylation is 2. The molecule has 1 amide bonds. The minimum atomic E-state index is -0.275. The first-order chi connectivity index (χ1) is 18.3. The van der Waals surface area contributed by atoms with Crippen molar-refractivity contribution in [2.75, 3.05) is 44.7 Å². The van der Waals surface area contributed by atoms with Gasteiger partial charge in [-0.25, -0.2) is 0 Å². The monoisotopic (exact) mass is 551 g/mol. The van der Waals surface area contributed by atoms with Gasteiger partial charge < -0.3 is 19.7 Å². The van der Waals surface area contributed by atoms with Crippen molar-refractivity contribution in [3.8, 4) is 11.5 Å². The van der Waals surface area contributed by atoms with Crippen LogP contribution in [0.5, 0.6) is 11.5 Å². The van der Waals surface area contributed by atoms with Crippen molar-refractivity contribution in [2.24, 2.45) is 0 Å². The summed E-state index contributed by atoms with van der Waals surface area (Å²) in [5.74, 6) is 0.534. The molecule has 0 aliphatic carbocycles. The first-order valence-electron chi connectivity index (χ1n) is 12.9. The number of piperazine rings is 1. The van der Waals surface area contributed by atoms with Gasteiger partial charge in [0.15, 0.2) is 18.1 Å². The Morgan fingerprint density at radius 2 is 1.74 bits per heavy atom. The van der Waals surface area contributed by atoms with Crippen molar-refractivity contribution in [1.82, 2.24) is 9.80 Å². The average Bonchev–Trinajstić information content (AvgIpc) is 2.90. The topological polar surface area (TPSA) is 54.0 Å². The molecule has 4 rings (SSSR count). The second-order valence-corrected chi connectivity index (χ2v) is 10.2. The average molecular weight is 552 g/mol. The highest BCUT2D eigenvalue weighted by atomic mass is 35.5. The first-order valence-corrected chi connectivity index (χ1v) is 13.6. The first kappa shape index (κ1) is 27.9. The second kappa shape index (κ2) is 13.1. The van der Waals surface area contributed by atoms with Gasteiger partial charge in [0.1, 0.15) is 4.99 Å². The standard InChI is InChI=1S/C30H34ClN3O3S/c1-4-36-27-18-24(30(38)34-14-12-33(13-15-34)19-23-8-6-5-7-9-23)17-25(31)29(27)37-20-28(35)32-26-11-10-21(2)16-22(26)3/h5-11,16-18H,4,12-15,19-20H2,1-3H3,(H,32,35). The summed E-state index contributed by atoms with van der Waals surface area (Å²) in [5, 5.41) is 3.25. The molecule has 8 heteroatoms. The zero-order valence-electron chi connectivity index (χ0n) is 22.1. The van der Waals surface area contributed by atoms with Crippen LogP contribution in [0.3, 0.4) is 0 Å². The fraction of sp³-hybridized carbons (Fsp3) is 0.333. The summed E-state index contributed by atoms with van der Waals surface area (Å²) in [6.45, 7) is 10.6. The van der Waals surface area contributed by atoms with Crippen LogP contribution in [-0.4, -0.2) is 60.1 Å². The number of nitrogens with zero attached hydrogens (tertiary/aromatic N) is 2. The molecular weight excluding hydrogens is 518 g/mol. The molecular formula is C30H34ClN3O3S. The van der Waals surface area contributed by atoms with Gasteiger partial charge in [-0.05, 0) is 50.1 Å². The third-order valence-electron chi connectivity index (χ3n) is 6.47. The normalized spacial score (nSPS) is 13.7. The number of rotatable bonds is 9. The third-order valence-corrected chi connectivity index (χ3v) is 7.24. The Kier molecular flexibility index (Phi) is 9.61. The van der Waals surface area contributed by atoms with Crippen LogP contribution in [-0.2, 0) is 11.3 Å². The Bertz CT molecular complexity index is 1280. The second-order valence-electron chi connectivity index (χ2n) is 9.43. The fourth-order valence-electron chi connectivity index (χ4n) is 4.51. The molecule has 3 aromatic carbocycles. The summed E-state index contributed by atoms with van der Waals surface area (Å²) >= 11 is 12.5. The number of hydrogen-bond donors (Lipinski definition) is 1. The van der Waals surface area contributed by atoms with E-state index in [1.54, 1.807) is 6.07 Å². The van der Waals surface area contributed by atoms with Crippen molar-refractivity contribution in [3.05, 3.63) is 87.9 Å². The van der Waals surface area contributed by atoms with Crippen LogP contribution in [0.1, 0.15) is 29.2 Å². The predicted octanol–water partition coefficient (Wildman–Crippen LogP) is 5.87. The van der Waals surface area contributed by atoms with E-state index in [1.165, 1.54) is 5.56 Å². The van der Waals surface area contributed by atoms with E-state index in [0.717, 1.165) is 60.1 Å². The van der Waals surface area contributed by atoms with Gasteiger partial charge in [0, 0.05) is 44.0 Å². The zero-order chi connectivity index (χ0) is 27.1. The van der Waals surface area contributed by atoms with E-state index < -0.39 is 0 Å². The van der Waals surface area contributed by atoms with E-state index in [0.29, 0.717) is 23.1 Å². The van der Waals surface area contributed by atoms with E-state index in [1.807, 2.05) is 51.1 Å². The number of amides is 1. The number of hydrogen-bond acceptors (Lipinski definition) is 5. The highest BCUT2D eigenvalue weighted by Gasteiger charge is 2.22. The quantitative estimate of drug-likeness (QED) is 0.336. The van der Waals surface area contributed by atoms with Crippen LogP contribution in [0.25, 0.3) is 0 Å². The Balaban J connectivity index is 1.38. The molecule has 0 atom stereocenters. The Hall–Kier alpha value is -3.13. The van der Waals surface area contributed by atoms with Gasteiger partial charge in [0.25, 0.3) is 5.91 Å². The number of carbonyl (C=O) groups excluding carboxylic acids is 1. The lowest BCUT2D eigenvalue weighted by atomic mass is 10.1. The van der Waals surface area contributed by atoms with Crippen LogP contribution in [0.15, 0.2) is 60.7 Å². The molecule has 1 saturated heterocycles. The molecule has 3 aromatic rings. The molecule has 6 nitrogen and oxygen atoms in total. The van der Waals surface area contributed by atoms with E-state index in [9.17, 15) is 4.79 Å². The van der Waals surface area contributed by atoms with Gasteiger partial charge in [-0.2, -0.15) is 0 Å². The Labute approximate surface area is 235 Å². The summed E-state index contributed by atoms with van der Waals surface area (Å²) in [6.07, 6.45) is 0. The summed E-state index contributed by atoms with van der Waals surface area (Å²) in [4.78, 5) is 17.9. The lowest BCUT2D eigenvalue weighted by molar-refractivity contribution is -0.118. The van der Waals surface area contributed by atoms with E-state index in [2.05, 4.69) is 39.4 Å². The summed E-state index contributed by atoms with van der Waals surface area (Å²) in [5.41, 5.74) is 5.00. The molecule has 200 valence electrons. The zero-order valence-corrected chi connectivity index (χ0v) is 23.7. The maximum atomic E-state index is 12.6. The predicted molar refractivity (Wildman–Crippen MR) is 158 cm³/mol. The van der Waals surface area contributed by atoms with E-state index in [-0.39, 0.29) is 12.5 Å². The van der Waals surface area contributed by atoms with Crippen LogP contribution in [0, 0.1) is 13.8 Å². The van der Waals surface area contributed by atoms with E-state index in [4.69, 9.17) is 33.3 Å². The molecule has 1 N–H and O–H groups in total. The number of benzene rings is 3. The van der Waals surface area contributed by atoms with Gasteiger partial charge in [-0.1, -0.05) is 71.8 Å². The maximum absolute atomic E-state index is 12.6. The molecule has 0 spiro atoms. The van der Waals surface area contributed by atoms with Gasteiger partial charge in [0.2, 0.25) is 0 Å². The van der Waals surface area contributed by atoms with Gasteiger partial charge in [-0.3, -0.25) is 9.69 Å². The smallest absolute Gasteiger partial charge is 0.262 e. The lowest BCUT2D eigenvalue weighted by Crippen LogP contribution is -2.48. The van der Waals surface area contributed by atoms with Crippen LogP contribution >= 0.6 is 23.8 Å². The third kappa shape index (κ3) is 7.25. The van der Waals surface area contributed by atoms with Crippen LogP contribution in [0.2, 0.25) is 5.02 Å². The number of ether oxygens (including phenoxy) is 2. The van der Waals surface area contributed by atoms with Crippen molar-refractivity contribution in [3.63, 3.8) is 0 Å². The Morgan fingerprint density at radius 1 is 1.00 bits per heavy atom. The van der Waals surface area contributed by atoms with E-state index >= 15 is 0 Å². The minimum Gasteiger partial charge on any atom is -0.490 e. The van der Waals surface area contributed by atoms with Crippen molar-refractivity contribution in [1.29, 1.82) is 0 Å². The van der Waals surface area contributed by atoms with Gasteiger partial charge in [-0.15, -0.1) is 0 Å². The van der Waals surface area contributed by atoms with Crippen molar-refractivity contribution in [2.45, 2.75) is 27.3 Å². The number of anilines is 1. The number of nitrogens with one attached hydrogen (secondary N) is 1. The molecule has 0 aromatic heterocycles. The van der Waals surface area contributed by atoms with Gasteiger partial charge in [0.05, 0.1) is 11.6 Å². The molecule has 0 saturated carbocycles. The van der Waals surface area contributed by atoms with Crippen LogP contribution < -0.4 is 14.8 Å². The molecule has 1 aliphatic heterocycles. The molecule has 1 heterocycles. The van der Waals surface area contributed by atoms with Gasteiger partial charge >= 0.3 is 0 Å². The molecule has 1 aliphatic rings. The minimum absolute atomic E-state index is 0.194. The number of halogens is 1. The van der Waals surface area contributed by atoms with Crippen molar-refractivity contribution < 1.29 is 14.3 Å². The molecule has 0 radical (unpaired) electrons. The summed E-state index contributed by atoms with van der Waals surface area (Å²) in [7, 11) is 0. The fourth-order valence-corrected chi connectivity index (χ4v) is 5.07. The van der Waals surface area contributed by atoms with Crippen molar-refractivity contribution >= 4 is 40.4 Å². The summed E-state index contributed by atoms with van der Waals surface area (Å²) < 4.78 is 11.7. The molecule has 0 unspecified atom stereocenters. The number of carbonyl (C=O) groups is 1. The van der Waals surface area contributed by atoms with Crippen LogP contribution in [0.4, 0.5) is 5.69 Å². The number of thiocarbonyl (C=S) groups is 1. The lowest BCUT2D eigenvalue weighted by Gasteiger charge is -2.36. The largest absolute Gasteiger partial charge is 0.490 e. The summed E-state index contributed by atoms with van der Waals surface area (Å²) in [6, 6.07) is 20.0. The molecule has 1 fully saturated rings. The SMILES string of the molecule is CCOc1cc(C(=S)N2CCN(Cc3ccccc3)CC2)cc(Cl)c1OCC(=O)Nc1ccc(C)cc1C. The Morgan fingerprint density at radius 3 is 2.42 bits per heavy atom. The molecule has 0 bridgehead atoms. The molecule has 38 heavy (non-hydrogen) atoms. The maximum Gasteiger partial charge on any atom is 0.262 e. The highest BCUT2D eigenvalue weighted by molar-refractivity contribution is 7.80. The highest BCUT2D eigenvalue weighted by Crippen LogP contribution is 2.37.